The summed E-state index contributed by atoms with van der Waals surface area (Å²) < 4.78 is 5.62. The Morgan fingerprint density at radius 1 is 1.23 bits per heavy atom. The van der Waals surface area contributed by atoms with Crippen LogP contribution in [0, 0.1) is 0 Å². The molecule has 4 N–H and O–H groups in total. The number of hydrogen-bond donors (Lipinski definition) is 3. The van der Waals surface area contributed by atoms with Crippen LogP contribution in [-0.4, -0.2) is 31.0 Å². The molecule has 0 bridgehead atoms. The number of nitrogens with two attached hydrogens (primary N) is 1. The predicted octanol–water partition coefficient (Wildman–Crippen LogP) is 1.15. The fourth-order valence-electron chi connectivity index (χ4n) is 1.76. The van der Waals surface area contributed by atoms with E-state index in [4.69, 9.17) is 10.5 Å². The molecule has 0 heterocycles. The Bertz CT molecular complexity index is 495. The number of halogens is 1. The van der Waals surface area contributed by atoms with Crippen molar-refractivity contribution in [1.29, 1.82) is 0 Å². The maximum absolute atomic E-state index is 11.7. The monoisotopic (exact) mass is 329 g/mol. The third kappa shape index (κ3) is 7.28. The van der Waals surface area contributed by atoms with E-state index in [2.05, 4.69) is 10.6 Å². The fraction of sp³-hybridized carbons (Fsp3) is 0.467. The highest BCUT2D eigenvalue weighted by atomic mass is 35.5. The lowest BCUT2D eigenvalue weighted by atomic mass is 10.1. The van der Waals surface area contributed by atoms with Gasteiger partial charge in [0.05, 0.1) is 25.2 Å². The van der Waals surface area contributed by atoms with Gasteiger partial charge in [0.25, 0.3) is 0 Å². The largest absolute Gasteiger partial charge is 0.491 e. The Hall–Kier alpha value is -1.79. The summed E-state index contributed by atoms with van der Waals surface area (Å²) in [6.07, 6.45) is 0.0941. The van der Waals surface area contributed by atoms with Gasteiger partial charge in [-0.05, 0) is 38.5 Å². The van der Waals surface area contributed by atoms with E-state index in [1.165, 1.54) is 0 Å². The minimum atomic E-state index is -0.356. The van der Waals surface area contributed by atoms with Gasteiger partial charge in [0.2, 0.25) is 11.8 Å². The molecule has 124 valence electrons. The first-order valence-electron chi connectivity index (χ1n) is 6.95. The van der Waals surface area contributed by atoms with E-state index in [-0.39, 0.29) is 49.5 Å². The Morgan fingerprint density at radius 3 is 2.50 bits per heavy atom. The SMILES string of the molecule is CC(C)Oc1cccc(C(C)NC(=O)CNC(=O)CN)c1.Cl. The van der Waals surface area contributed by atoms with E-state index in [0.717, 1.165) is 11.3 Å². The molecular weight excluding hydrogens is 306 g/mol. The summed E-state index contributed by atoms with van der Waals surface area (Å²) in [7, 11) is 0. The normalized spacial score (nSPS) is 11.3. The van der Waals surface area contributed by atoms with E-state index >= 15 is 0 Å². The van der Waals surface area contributed by atoms with Crippen molar-refractivity contribution in [3.05, 3.63) is 29.8 Å². The number of amides is 2. The summed E-state index contributed by atoms with van der Waals surface area (Å²) in [5.41, 5.74) is 6.09. The molecule has 1 aromatic rings. The molecule has 7 heteroatoms. The Labute approximate surface area is 137 Å². The van der Waals surface area contributed by atoms with E-state index in [1.807, 2.05) is 45.0 Å². The number of rotatable bonds is 7. The number of ether oxygens (including phenoxy) is 1. The van der Waals surface area contributed by atoms with Crippen molar-refractivity contribution in [3.8, 4) is 5.75 Å². The van der Waals surface area contributed by atoms with Crippen molar-refractivity contribution in [2.75, 3.05) is 13.1 Å². The van der Waals surface area contributed by atoms with Gasteiger partial charge in [-0.2, -0.15) is 0 Å². The van der Waals surface area contributed by atoms with Crippen LogP contribution in [0.15, 0.2) is 24.3 Å². The minimum absolute atomic E-state index is 0. The molecule has 0 aliphatic carbocycles. The number of carbonyl (C=O) groups excluding carboxylic acids is 2. The van der Waals surface area contributed by atoms with Crippen molar-refractivity contribution in [3.63, 3.8) is 0 Å². The van der Waals surface area contributed by atoms with Crippen molar-refractivity contribution in [2.45, 2.75) is 32.9 Å². The molecule has 0 aliphatic rings. The molecule has 1 aromatic carbocycles. The van der Waals surface area contributed by atoms with Crippen LogP contribution in [-0.2, 0) is 9.59 Å². The topological polar surface area (TPSA) is 93.5 Å². The summed E-state index contributed by atoms with van der Waals surface area (Å²) in [6.45, 7) is 5.58. The summed E-state index contributed by atoms with van der Waals surface area (Å²) in [4.78, 5) is 22.7. The van der Waals surface area contributed by atoms with Crippen LogP contribution in [0.4, 0.5) is 0 Å². The Morgan fingerprint density at radius 2 is 1.91 bits per heavy atom. The zero-order valence-electron chi connectivity index (χ0n) is 13.1. The van der Waals surface area contributed by atoms with Crippen molar-refractivity contribution in [2.24, 2.45) is 5.73 Å². The average molecular weight is 330 g/mol. The van der Waals surface area contributed by atoms with E-state index in [0.29, 0.717) is 0 Å². The number of carbonyl (C=O) groups is 2. The standard InChI is InChI=1S/C15H23N3O3.ClH/c1-10(2)21-13-6-4-5-12(7-13)11(3)18-15(20)9-17-14(19)8-16;/h4-7,10-11H,8-9,16H2,1-3H3,(H,17,19)(H,18,20);1H. The number of nitrogens with one attached hydrogen (secondary N) is 2. The first-order valence-corrected chi connectivity index (χ1v) is 6.95. The molecule has 0 spiro atoms. The van der Waals surface area contributed by atoms with Crippen LogP contribution in [0.25, 0.3) is 0 Å². The van der Waals surface area contributed by atoms with Crippen LogP contribution in [0.5, 0.6) is 5.75 Å². The van der Waals surface area contributed by atoms with Gasteiger partial charge in [-0.3, -0.25) is 9.59 Å². The third-order valence-electron chi connectivity index (χ3n) is 2.74. The molecular formula is C15H24ClN3O3. The molecule has 22 heavy (non-hydrogen) atoms. The molecule has 2 amide bonds. The average Bonchev–Trinajstić information content (AvgIpc) is 2.44. The highest BCUT2D eigenvalue weighted by Crippen LogP contribution is 2.19. The predicted molar refractivity (Wildman–Crippen MR) is 88.1 cm³/mol. The molecule has 1 atom stereocenters. The molecule has 0 aliphatic heterocycles. The molecule has 0 fully saturated rings. The molecule has 0 saturated carbocycles. The lowest BCUT2D eigenvalue weighted by Gasteiger charge is -2.16. The second kappa shape index (κ2) is 10.0. The van der Waals surface area contributed by atoms with Crippen LogP contribution in [0.2, 0.25) is 0 Å². The van der Waals surface area contributed by atoms with E-state index in [1.54, 1.807) is 0 Å². The van der Waals surface area contributed by atoms with Crippen LogP contribution >= 0.6 is 12.4 Å². The zero-order chi connectivity index (χ0) is 15.8. The summed E-state index contributed by atoms with van der Waals surface area (Å²) in [5.74, 6) is 0.143. The third-order valence-corrected chi connectivity index (χ3v) is 2.74. The Balaban J connectivity index is 0.00000441. The maximum Gasteiger partial charge on any atom is 0.239 e. The summed E-state index contributed by atoms with van der Waals surface area (Å²) in [6, 6.07) is 7.38. The van der Waals surface area contributed by atoms with E-state index in [9.17, 15) is 9.59 Å². The Kier molecular flexibility index (Phi) is 9.21. The van der Waals surface area contributed by atoms with Crippen LogP contribution < -0.4 is 21.1 Å². The number of benzene rings is 1. The molecule has 1 rings (SSSR count). The highest BCUT2D eigenvalue weighted by molar-refractivity contribution is 5.85. The van der Waals surface area contributed by atoms with Crippen molar-refractivity contribution < 1.29 is 14.3 Å². The molecule has 0 radical (unpaired) electrons. The quantitative estimate of drug-likeness (QED) is 0.699. The van der Waals surface area contributed by atoms with Crippen LogP contribution in [0.3, 0.4) is 0 Å². The van der Waals surface area contributed by atoms with E-state index < -0.39 is 0 Å². The maximum atomic E-state index is 11.7. The van der Waals surface area contributed by atoms with Crippen molar-refractivity contribution in [1.82, 2.24) is 10.6 Å². The zero-order valence-corrected chi connectivity index (χ0v) is 13.9. The van der Waals surface area contributed by atoms with Gasteiger partial charge >= 0.3 is 0 Å². The van der Waals surface area contributed by atoms with Gasteiger partial charge in [-0.25, -0.2) is 0 Å². The van der Waals surface area contributed by atoms with Gasteiger partial charge in [0, 0.05) is 0 Å². The minimum Gasteiger partial charge on any atom is -0.491 e. The second-order valence-electron chi connectivity index (χ2n) is 5.01. The summed E-state index contributed by atoms with van der Waals surface area (Å²) >= 11 is 0. The highest BCUT2D eigenvalue weighted by Gasteiger charge is 2.11. The van der Waals surface area contributed by atoms with Crippen LogP contribution in [0.1, 0.15) is 32.4 Å². The van der Waals surface area contributed by atoms with Gasteiger partial charge < -0.3 is 21.1 Å². The lowest BCUT2D eigenvalue weighted by Crippen LogP contribution is -2.40. The molecule has 0 aromatic heterocycles. The molecule has 0 saturated heterocycles. The first kappa shape index (κ1) is 20.2. The first-order chi connectivity index (χ1) is 9.92. The number of hydrogen-bond acceptors (Lipinski definition) is 4. The smallest absolute Gasteiger partial charge is 0.239 e. The summed E-state index contributed by atoms with van der Waals surface area (Å²) in [5, 5.41) is 5.23. The second-order valence-corrected chi connectivity index (χ2v) is 5.01. The van der Waals surface area contributed by atoms with Gasteiger partial charge in [-0.1, -0.05) is 12.1 Å². The lowest BCUT2D eigenvalue weighted by molar-refractivity contribution is -0.125. The van der Waals surface area contributed by atoms with Crippen molar-refractivity contribution >= 4 is 24.2 Å². The van der Waals surface area contributed by atoms with Gasteiger partial charge in [0.1, 0.15) is 5.75 Å². The molecule has 6 nitrogen and oxygen atoms in total. The van der Waals surface area contributed by atoms with Gasteiger partial charge in [0.15, 0.2) is 0 Å². The molecule has 1 unspecified atom stereocenters. The fourth-order valence-corrected chi connectivity index (χ4v) is 1.76. The van der Waals surface area contributed by atoms with Gasteiger partial charge in [-0.15, -0.1) is 12.4 Å².